The van der Waals surface area contributed by atoms with E-state index in [1.165, 1.54) is 5.56 Å². The lowest BCUT2D eigenvalue weighted by Crippen LogP contribution is -2.48. The van der Waals surface area contributed by atoms with E-state index in [0.29, 0.717) is 13.0 Å². The molecule has 1 heterocycles. The van der Waals surface area contributed by atoms with Gasteiger partial charge in [-0.1, -0.05) is 12.1 Å². The maximum Gasteiger partial charge on any atom is 0.334 e. The van der Waals surface area contributed by atoms with Crippen LogP contribution in [0.15, 0.2) is 24.3 Å². The maximum atomic E-state index is 12.1. The zero-order valence-corrected chi connectivity index (χ0v) is 13.4. The standard InChI is InChI=1S/C17H23NO5/c1-22-14-8-6-13(7-9-14)4-2-3-5-16(19)18-10-11-23-15(12-18)17(20)21/h6-9,15H,2-5,10-12H2,1H3,(H,20,21)/t15-/m1/s1. The lowest BCUT2D eigenvalue weighted by molar-refractivity contribution is -0.159. The Morgan fingerprint density at radius 2 is 2.04 bits per heavy atom. The summed E-state index contributed by atoms with van der Waals surface area (Å²) in [6.45, 7) is 0.905. The number of morpholine rings is 1. The van der Waals surface area contributed by atoms with Gasteiger partial charge < -0.3 is 19.5 Å². The molecule has 0 saturated carbocycles. The van der Waals surface area contributed by atoms with E-state index >= 15 is 0 Å². The molecule has 1 aromatic rings. The molecule has 0 bridgehead atoms. The van der Waals surface area contributed by atoms with Gasteiger partial charge in [-0.15, -0.1) is 0 Å². The molecular formula is C17H23NO5. The first kappa shape index (κ1) is 17.3. The number of carboxylic acids is 1. The van der Waals surface area contributed by atoms with E-state index in [1.54, 1.807) is 12.0 Å². The number of hydrogen-bond donors (Lipinski definition) is 1. The summed E-state index contributed by atoms with van der Waals surface area (Å²) < 4.78 is 10.2. The van der Waals surface area contributed by atoms with Crippen molar-refractivity contribution in [1.29, 1.82) is 0 Å². The van der Waals surface area contributed by atoms with Crippen LogP contribution < -0.4 is 4.74 Å². The van der Waals surface area contributed by atoms with Crippen molar-refractivity contribution in [3.8, 4) is 5.75 Å². The summed E-state index contributed by atoms with van der Waals surface area (Å²) in [5, 5.41) is 8.94. The lowest BCUT2D eigenvalue weighted by Gasteiger charge is -2.30. The molecule has 0 aromatic heterocycles. The molecule has 1 aliphatic heterocycles. The Hall–Kier alpha value is -2.08. The SMILES string of the molecule is COc1ccc(CCCCC(=O)N2CCO[C@@H](C(=O)O)C2)cc1. The predicted molar refractivity (Wildman–Crippen MR) is 84.5 cm³/mol. The predicted octanol–water partition coefficient (Wildman–Crippen LogP) is 1.72. The van der Waals surface area contributed by atoms with Gasteiger partial charge in [-0.3, -0.25) is 4.79 Å². The molecule has 0 radical (unpaired) electrons. The van der Waals surface area contributed by atoms with Crippen molar-refractivity contribution in [2.24, 2.45) is 0 Å². The summed E-state index contributed by atoms with van der Waals surface area (Å²) in [6.07, 6.45) is 2.18. The molecule has 1 saturated heterocycles. The molecule has 0 spiro atoms. The molecule has 1 aromatic carbocycles. The number of rotatable bonds is 7. The minimum absolute atomic E-state index is 0.00859. The number of amides is 1. The summed E-state index contributed by atoms with van der Waals surface area (Å²) in [6, 6.07) is 7.92. The third kappa shape index (κ3) is 5.25. The van der Waals surface area contributed by atoms with Crippen LogP contribution in [0.5, 0.6) is 5.75 Å². The van der Waals surface area contributed by atoms with Crippen LogP contribution in [0.2, 0.25) is 0 Å². The molecule has 23 heavy (non-hydrogen) atoms. The topological polar surface area (TPSA) is 76.1 Å². The minimum Gasteiger partial charge on any atom is -0.497 e. The number of hydrogen-bond acceptors (Lipinski definition) is 4. The van der Waals surface area contributed by atoms with Crippen molar-refractivity contribution in [3.05, 3.63) is 29.8 Å². The monoisotopic (exact) mass is 321 g/mol. The van der Waals surface area contributed by atoms with Gasteiger partial charge in [-0.25, -0.2) is 4.79 Å². The number of ether oxygens (including phenoxy) is 2. The number of unbranched alkanes of at least 4 members (excludes halogenated alkanes) is 1. The van der Waals surface area contributed by atoms with Gasteiger partial charge in [0.15, 0.2) is 6.10 Å². The maximum absolute atomic E-state index is 12.1. The summed E-state index contributed by atoms with van der Waals surface area (Å²) in [7, 11) is 1.64. The molecule has 2 rings (SSSR count). The van der Waals surface area contributed by atoms with Crippen molar-refractivity contribution < 1.29 is 24.2 Å². The van der Waals surface area contributed by atoms with Gasteiger partial charge in [-0.2, -0.15) is 0 Å². The van der Waals surface area contributed by atoms with E-state index in [-0.39, 0.29) is 19.1 Å². The number of carbonyl (C=O) groups is 2. The second kappa shape index (κ2) is 8.53. The largest absolute Gasteiger partial charge is 0.497 e. The molecule has 1 atom stereocenters. The van der Waals surface area contributed by atoms with E-state index < -0.39 is 12.1 Å². The number of carbonyl (C=O) groups excluding carboxylic acids is 1. The van der Waals surface area contributed by atoms with Crippen LogP contribution in [-0.2, 0) is 20.7 Å². The van der Waals surface area contributed by atoms with Crippen LogP contribution in [0, 0.1) is 0 Å². The third-order valence-electron chi connectivity index (χ3n) is 3.96. The highest BCUT2D eigenvalue weighted by Crippen LogP contribution is 2.14. The van der Waals surface area contributed by atoms with Gasteiger partial charge >= 0.3 is 5.97 Å². The first-order valence-corrected chi connectivity index (χ1v) is 7.85. The number of aryl methyl sites for hydroxylation is 1. The lowest BCUT2D eigenvalue weighted by atomic mass is 10.1. The van der Waals surface area contributed by atoms with Crippen molar-refractivity contribution in [2.75, 3.05) is 26.8 Å². The Kier molecular flexibility index (Phi) is 6.40. The number of aliphatic carboxylic acids is 1. The van der Waals surface area contributed by atoms with Gasteiger partial charge in [-0.05, 0) is 37.0 Å². The number of methoxy groups -OCH3 is 1. The van der Waals surface area contributed by atoms with E-state index in [9.17, 15) is 9.59 Å². The molecule has 0 aliphatic carbocycles. The van der Waals surface area contributed by atoms with Gasteiger partial charge in [0.1, 0.15) is 5.75 Å². The summed E-state index contributed by atoms with van der Waals surface area (Å²) in [4.78, 5) is 24.6. The zero-order valence-electron chi connectivity index (χ0n) is 13.4. The average Bonchev–Trinajstić information content (AvgIpc) is 2.59. The van der Waals surface area contributed by atoms with Crippen molar-refractivity contribution >= 4 is 11.9 Å². The highest BCUT2D eigenvalue weighted by atomic mass is 16.5. The smallest absolute Gasteiger partial charge is 0.334 e. The Morgan fingerprint density at radius 1 is 1.30 bits per heavy atom. The second-order valence-electron chi connectivity index (χ2n) is 5.59. The second-order valence-corrected chi connectivity index (χ2v) is 5.59. The van der Waals surface area contributed by atoms with Crippen LogP contribution in [0.25, 0.3) is 0 Å². The normalized spacial score (nSPS) is 17.8. The van der Waals surface area contributed by atoms with Crippen LogP contribution >= 0.6 is 0 Å². The molecule has 1 N–H and O–H groups in total. The Balaban J connectivity index is 1.68. The zero-order chi connectivity index (χ0) is 16.7. The number of nitrogens with zero attached hydrogens (tertiary/aromatic N) is 1. The van der Waals surface area contributed by atoms with Crippen LogP contribution in [0.1, 0.15) is 24.8 Å². The molecule has 0 unspecified atom stereocenters. The summed E-state index contributed by atoms with van der Waals surface area (Å²) >= 11 is 0. The molecule has 1 aliphatic rings. The molecular weight excluding hydrogens is 298 g/mol. The first-order chi connectivity index (χ1) is 11.1. The number of carboxylic acid groups (broad SMARTS) is 1. The Labute approximate surface area is 136 Å². The molecule has 1 amide bonds. The molecule has 1 fully saturated rings. The third-order valence-corrected chi connectivity index (χ3v) is 3.96. The van der Waals surface area contributed by atoms with Crippen molar-refractivity contribution in [3.63, 3.8) is 0 Å². The van der Waals surface area contributed by atoms with Gasteiger partial charge in [0.25, 0.3) is 0 Å². The summed E-state index contributed by atoms with van der Waals surface area (Å²) in [5.41, 5.74) is 1.22. The highest BCUT2D eigenvalue weighted by Gasteiger charge is 2.28. The van der Waals surface area contributed by atoms with E-state index in [0.717, 1.165) is 25.0 Å². The first-order valence-electron chi connectivity index (χ1n) is 7.85. The molecule has 126 valence electrons. The van der Waals surface area contributed by atoms with Crippen LogP contribution in [0.3, 0.4) is 0 Å². The molecule has 6 nitrogen and oxygen atoms in total. The highest BCUT2D eigenvalue weighted by molar-refractivity contribution is 5.78. The van der Waals surface area contributed by atoms with Gasteiger partial charge in [0.05, 0.1) is 20.3 Å². The quantitative estimate of drug-likeness (QED) is 0.774. The van der Waals surface area contributed by atoms with Crippen molar-refractivity contribution in [1.82, 2.24) is 4.90 Å². The summed E-state index contributed by atoms with van der Waals surface area (Å²) in [5.74, 6) is -0.166. The van der Waals surface area contributed by atoms with Crippen LogP contribution in [0.4, 0.5) is 0 Å². The minimum atomic E-state index is -1.01. The van der Waals surface area contributed by atoms with Crippen molar-refractivity contribution in [2.45, 2.75) is 31.8 Å². The van der Waals surface area contributed by atoms with Gasteiger partial charge in [0, 0.05) is 13.0 Å². The fourth-order valence-corrected chi connectivity index (χ4v) is 2.58. The van der Waals surface area contributed by atoms with E-state index in [2.05, 4.69) is 0 Å². The van der Waals surface area contributed by atoms with Gasteiger partial charge in [0.2, 0.25) is 5.91 Å². The fourth-order valence-electron chi connectivity index (χ4n) is 2.58. The number of benzene rings is 1. The Bertz CT molecular complexity index is 528. The fraction of sp³-hybridized carbons (Fsp3) is 0.529. The average molecular weight is 321 g/mol. The Morgan fingerprint density at radius 3 is 2.70 bits per heavy atom. The van der Waals surface area contributed by atoms with Crippen LogP contribution in [-0.4, -0.2) is 54.8 Å². The molecule has 6 heteroatoms. The van der Waals surface area contributed by atoms with E-state index in [4.69, 9.17) is 14.6 Å². The van der Waals surface area contributed by atoms with E-state index in [1.807, 2.05) is 24.3 Å².